The molecule has 0 saturated carbocycles. The van der Waals surface area contributed by atoms with Gasteiger partial charge in [0.15, 0.2) is 0 Å². The number of likely N-dealkylation sites (tertiary alicyclic amines) is 1. The summed E-state index contributed by atoms with van der Waals surface area (Å²) in [6.45, 7) is 1.60. The van der Waals surface area contributed by atoms with Gasteiger partial charge in [-0.2, -0.15) is 0 Å². The lowest BCUT2D eigenvalue weighted by Crippen LogP contribution is -2.28. The molecule has 1 amide bonds. The lowest BCUT2D eigenvalue weighted by molar-refractivity contribution is 0.0790. The minimum Gasteiger partial charge on any atom is -0.338 e. The summed E-state index contributed by atoms with van der Waals surface area (Å²) in [5, 5.41) is 0. The van der Waals surface area contributed by atoms with Crippen molar-refractivity contribution < 1.29 is 4.79 Å². The molecule has 1 atom stereocenters. The summed E-state index contributed by atoms with van der Waals surface area (Å²) >= 11 is 3.28. The van der Waals surface area contributed by atoms with E-state index in [4.69, 9.17) is 0 Å². The predicted molar refractivity (Wildman–Crippen MR) is 81.6 cm³/mol. The second-order valence-electron chi connectivity index (χ2n) is 5.02. The van der Waals surface area contributed by atoms with Crippen molar-refractivity contribution in [3.05, 3.63) is 64.4 Å². The van der Waals surface area contributed by atoms with Crippen molar-refractivity contribution in [2.75, 3.05) is 13.1 Å². The van der Waals surface area contributed by atoms with Crippen LogP contribution in [0.15, 0.2) is 53.3 Å². The Morgan fingerprint density at radius 3 is 2.70 bits per heavy atom. The maximum atomic E-state index is 12.4. The number of hydrogen-bond donors (Lipinski definition) is 0. The molecule has 1 saturated heterocycles. The fourth-order valence-electron chi connectivity index (χ4n) is 2.63. The number of hydrogen-bond acceptors (Lipinski definition) is 2. The van der Waals surface area contributed by atoms with E-state index in [1.165, 1.54) is 5.56 Å². The summed E-state index contributed by atoms with van der Waals surface area (Å²) in [7, 11) is 0. The van der Waals surface area contributed by atoms with Gasteiger partial charge in [-0.3, -0.25) is 4.79 Å². The van der Waals surface area contributed by atoms with Crippen molar-refractivity contribution in [2.45, 2.75) is 12.3 Å². The molecule has 2 aromatic rings. The average molecular weight is 331 g/mol. The highest BCUT2D eigenvalue weighted by Crippen LogP contribution is 2.27. The van der Waals surface area contributed by atoms with Crippen LogP contribution in [0, 0.1) is 0 Å². The number of nitrogens with zero attached hydrogens (tertiary/aromatic N) is 2. The van der Waals surface area contributed by atoms with Gasteiger partial charge in [-0.1, -0.05) is 30.3 Å². The Kier molecular flexibility index (Phi) is 3.83. The van der Waals surface area contributed by atoms with Crippen LogP contribution in [0.2, 0.25) is 0 Å². The zero-order chi connectivity index (χ0) is 13.9. The van der Waals surface area contributed by atoms with E-state index in [1.54, 1.807) is 12.3 Å². The van der Waals surface area contributed by atoms with E-state index in [0.29, 0.717) is 11.5 Å². The third kappa shape index (κ3) is 2.75. The fraction of sp³-hybridized carbons (Fsp3) is 0.250. The highest BCUT2D eigenvalue weighted by Gasteiger charge is 2.27. The van der Waals surface area contributed by atoms with Gasteiger partial charge in [-0.05, 0) is 40.0 Å². The molecule has 0 aliphatic carbocycles. The molecule has 1 fully saturated rings. The Bertz CT molecular complexity index is 598. The van der Waals surface area contributed by atoms with Gasteiger partial charge < -0.3 is 4.90 Å². The second kappa shape index (κ2) is 5.75. The molecule has 0 bridgehead atoms. The van der Waals surface area contributed by atoms with E-state index in [-0.39, 0.29) is 5.91 Å². The molecule has 4 heteroatoms. The van der Waals surface area contributed by atoms with Crippen LogP contribution in [-0.4, -0.2) is 28.9 Å². The summed E-state index contributed by atoms with van der Waals surface area (Å²) in [4.78, 5) is 18.4. The van der Waals surface area contributed by atoms with Gasteiger partial charge in [0.05, 0.1) is 5.56 Å². The van der Waals surface area contributed by atoms with Crippen molar-refractivity contribution >= 4 is 21.8 Å². The van der Waals surface area contributed by atoms with E-state index in [1.807, 2.05) is 17.0 Å². The molecule has 0 N–H and O–H groups in total. The van der Waals surface area contributed by atoms with Crippen LogP contribution < -0.4 is 0 Å². The Labute approximate surface area is 126 Å². The van der Waals surface area contributed by atoms with Crippen LogP contribution in [-0.2, 0) is 0 Å². The lowest BCUT2D eigenvalue weighted by atomic mass is 9.99. The van der Waals surface area contributed by atoms with E-state index in [2.05, 4.69) is 45.2 Å². The SMILES string of the molecule is O=C(c1ccc(Br)nc1)N1CCC(c2ccccc2)C1. The molecular formula is C16H15BrN2O. The van der Waals surface area contributed by atoms with Crippen LogP contribution in [0.4, 0.5) is 0 Å². The van der Waals surface area contributed by atoms with Crippen molar-refractivity contribution in [1.29, 1.82) is 0 Å². The third-order valence-corrected chi connectivity index (χ3v) is 4.19. The normalized spacial score (nSPS) is 18.2. The third-order valence-electron chi connectivity index (χ3n) is 3.72. The molecule has 1 aromatic carbocycles. The smallest absolute Gasteiger partial charge is 0.255 e. The number of pyridine rings is 1. The van der Waals surface area contributed by atoms with E-state index < -0.39 is 0 Å². The molecule has 1 aromatic heterocycles. The van der Waals surface area contributed by atoms with Gasteiger partial charge >= 0.3 is 0 Å². The largest absolute Gasteiger partial charge is 0.338 e. The van der Waals surface area contributed by atoms with Gasteiger partial charge in [0.1, 0.15) is 4.60 Å². The predicted octanol–water partition coefficient (Wildman–Crippen LogP) is 3.47. The summed E-state index contributed by atoms with van der Waals surface area (Å²) < 4.78 is 0.748. The molecule has 1 aliphatic heterocycles. The molecule has 3 rings (SSSR count). The van der Waals surface area contributed by atoms with E-state index in [0.717, 1.165) is 24.1 Å². The second-order valence-corrected chi connectivity index (χ2v) is 5.83. The molecule has 0 spiro atoms. The number of aromatic nitrogens is 1. The number of carbonyl (C=O) groups is 1. The molecule has 102 valence electrons. The average Bonchev–Trinajstić information content (AvgIpc) is 2.98. The number of halogens is 1. The Morgan fingerprint density at radius 1 is 1.20 bits per heavy atom. The lowest BCUT2D eigenvalue weighted by Gasteiger charge is -2.16. The van der Waals surface area contributed by atoms with Gasteiger partial charge in [0, 0.05) is 25.2 Å². The van der Waals surface area contributed by atoms with Crippen LogP contribution in [0.5, 0.6) is 0 Å². The highest BCUT2D eigenvalue weighted by molar-refractivity contribution is 9.10. The van der Waals surface area contributed by atoms with Crippen molar-refractivity contribution in [3.8, 4) is 0 Å². The molecule has 3 nitrogen and oxygen atoms in total. The summed E-state index contributed by atoms with van der Waals surface area (Å²) in [6, 6.07) is 14.0. The van der Waals surface area contributed by atoms with Crippen molar-refractivity contribution in [1.82, 2.24) is 9.88 Å². The van der Waals surface area contributed by atoms with Crippen LogP contribution in [0.25, 0.3) is 0 Å². The molecule has 0 radical (unpaired) electrons. The van der Waals surface area contributed by atoms with Gasteiger partial charge in [-0.15, -0.1) is 0 Å². The Balaban J connectivity index is 1.71. The first kappa shape index (κ1) is 13.3. The van der Waals surface area contributed by atoms with Gasteiger partial charge in [0.25, 0.3) is 5.91 Å². The quantitative estimate of drug-likeness (QED) is 0.790. The molecular weight excluding hydrogens is 316 g/mol. The first-order chi connectivity index (χ1) is 9.74. The maximum absolute atomic E-state index is 12.4. The number of benzene rings is 1. The first-order valence-corrected chi connectivity index (χ1v) is 7.49. The van der Waals surface area contributed by atoms with E-state index in [9.17, 15) is 4.79 Å². The topological polar surface area (TPSA) is 33.2 Å². The van der Waals surface area contributed by atoms with Crippen molar-refractivity contribution in [3.63, 3.8) is 0 Å². The summed E-state index contributed by atoms with van der Waals surface area (Å²) in [5.74, 6) is 0.520. The number of amides is 1. The monoisotopic (exact) mass is 330 g/mol. The van der Waals surface area contributed by atoms with Crippen LogP contribution in [0.3, 0.4) is 0 Å². The fourth-order valence-corrected chi connectivity index (χ4v) is 2.86. The van der Waals surface area contributed by atoms with Gasteiger partial charge in [0.2, 0.25) is 0 Å². The number of rotatable bonds is 2. The zero-order valence-corrected chi connectivity index (χ0v) is 12.6. The van der Waals surface area contributed by atoms with Gasteiger partial charge in [-0.25, -0.2) is 4.98 Å². The minimum atomic E-state index is 0.0726. The van der Waals surface area contributed by atoms with Crippen LogP contribution >= 0.6 is 15.9 Å². The molecule has 1 unspecified atom stereocenters. The molecule has 1 aliphatic rings. The summed E-state index contributed by atoms with van der Waals surface area (Å²) in [5.41, 5.74) is 1.97. The Hall–Kier alpha value is -1.68. The summed E-state index contributed by atoms with van der Waals surface area (Å²) in [6.07, 6.45) is 2.65. The maximum Gasteiger partial charge on any atom is 0.255 e. The van der Waals surface area contributed by atoms with E-state index >= 15 is 0 Å². The van der Waals surface area contributed by atoms with Crippen LogP contribution in [0.1, 0.15) is 28.3 Å². The minimum absolute atomic E-state index is 0.0726. The highest BCUT2D eigenvalue weighted by atomic mass is 79.9. The number of carbonyl (C=O) groups excluding carboxylic acids is 1. The molecule has 20 heavy (non-hydrogen) atoms. The zero-order valence-electron chi connectivity index (χ0n) is 11.0. The van der Waals surface area contributed by atoms with Crippen molar-refractivity contribution in [2.24, 2.45) is 0 Å². The molecule has 2 heterocycles. The first-order valence-electron chi connectivity index (χ1n) is 6.70. The Morgan fingerprint density at radius 2 is 2.00 bits per heavy atom. The standard InChI is InChI=1S/C16H15BrN2O/c17-15-7-6-13(10-18-15)16(20)19-9-8-14(11-19)12-4-2-1-3-5-12/h1-7,10,14H,8-9,11H2.